The predicted molar refractivity (Wildman–Crippen MR) is 87.7 cm³/mol. The number of amides is 1. The molecule has 0 aromatic heterocycles. The van der Waals surface area contributed by atoms with Crippen molar-refractivity contribution in [2.45, 2.75) is 45.1 Å². The molecule has 0 spiro atoms. The van der Waals surface area contributed by atoms with Gasteiger partial charge < -0.3 is 15.5 Å². The van der Waals surface area contributed by atoms with Crippen LogP contribution in [0.25, 0.3) is 0 Å². The maximum absolute atomic E-state index is 11.9. The molecule has 0 aliphatic carbocycles. The first-order valence-corrected chi connectivity index (χ1v) is 7.41. The number of likely N-dealkylation sites (tertiary alicyclic amines) is 2. The van der Waals surface area contributed by atoms with Crippen LogP contribution in [0.5, 0.6) is 0 Å². The second-order valence-electron chi connectivity index (χ2n) is 6.01. The first-order valence-electron chi connectivity index (χ1n) is 7.41. The Morgan fingerprint density at radius 2 is 1.70 bits per heavy atom. The van der Waals surface area contributed by atoms with Crippen LogP contribution < -0.4 is 5.73 Å². The minimum Gasteiger partial charge on any atom is -0.343 e. The van der Waals surface area contributed by atoms with Crippen molar-refractivity contribution >= 4 is 30.7 Å². The molecule has 4 nitrogen and oxygen atoms in total. The molecular formula is C14H29Cl2N3O. The largest absolute Gasteiger partial charge is 0.343 e. The zero-order chi connectivity index (χ0) is 13.0. The number of carbonyl (C=O) groups excluding carboxylic acids is 1. The molecule has 0 aromatic rings. The minimum atomic E-state index is -0.0141. The van der Waals surface area contributed by atoms with Crippen molar-refractivity contribution < 1.29 is 4.79 Å². The first-order chi connectivity index (χ1) is 8.65. The second kappa shape index (κ2) is 9.82. The number of hydrogen-bond acceptors (Lipinski definition) is 3. The van der Waals surface area contributed by atoms with Crippen LogP contribution in [0.3, 0.4) is 0 Å². The van der Waals surface area contributed by atoms with Gasteiger partial charge in [-0.3, -0.25) is 4.79 Å². The molecule has 6 heteroatoms. The highest BCUT2D eigenvalue weighted by molar-refractivity contribution is 5.85. The Morgan fingerprint density at radius 3 is 2.20 bits per heavy atom. The van der Waals surface area contributed by atoms with Gasteiger partial charge in [-0.25, -0.2) is 0 Å². The monoisotopic (exact) mass is 325 g/mol. The van der Waals surface area contributed by atoms with Crippen molar-refractivity contribution in [3.05, 3.63) is 0 Å². The Bertz CT molecular complexity index is 276. The summed E-state index contributed by atoms with van der Waals surface area (Å²) in [5.74, 6) is 1.03. The third-order valence-electron chi connectivity index (χ3n) is 4.18. The molecule has 2 saturated heterocycles. The van der Waals surface area contributed by atoms with E-state index in [1.807, 2.05) is 11.8 Å². The summed E-state index contributed by atoms with van der Waals surface area (Å²) in [5, 5.41) is 0. The molecule has 1 amide bonds. The quantitative estimate of drug-likeness (QED) is 0.858. The lowest BCUT2D eigenvalue weighted by Crippen LogP contribution is -2.42. The fraction of sp³-hybridized carbons (Fsp3) is 0.929. The standard InChI is InChI=1S/C14H27N3O.2ClH/c1-12(15)10-14(18)17-8-4-13(5-9-17)11-16-6-2-3-7-16;;/h12-13H,2-11,15H2,1H3;2*1H. The Kier molecular flexibility index (Phi) is 9.81. The molecule has 2 aliphatic rings. The number of carbonyl (C=O) groups is 1. The number of hydrogen-bond donors (Lipinski definition) is 1. The molecule has 2 N–H and O–H groups in total. The van der Waals surface area contributed by atoms with Crippen LogP contribution in [0.15, 0.2) is 0 Å². The molecule has 0 radical (unpaired) electrons. The van der Waals surface area contributed by atoms with Crippen LogP contribution in [-0.4, -0.2) is 54.5 Å². The first kappa shape index (κ1) is 20.0. The number of nitrogens with two attached hydrogens (primary N) is 1. The van der Waals surface area contributed by atoms with Crippen molar-refractivity contribution in [2.24, 2.45) is 11.7 Å². The van der Waals surface area contributed by atoms with Gasteiger partial charge in [-0.05, 0) is 51.6 Å². The van der Waals surface area contributed by atoms with Gasteiger partial charge in [-0.15, -0.1) is 24.8 Å². The van der Waals surface area contributed by atoms with E-state index in [-0.39, 0.29) is 36.8 Å². The third-order valence-corrected chi connectivity index (χ3v) is 4.18. The molecule has 2 aliphatic heterocycles. The van der Waals surface area contributed by atoms with Crippen molar-refractivity contribution in [3.8, 4) is 0 Å². The number of rotatable bonds is 4. The summed E-state index contributed by atoms with van der Waals surface area (Å²) in [7, 11) is 0. The van der Waals surface area contributed by atoms with Crippen LogP contribution in [0.1, 0.15) is 39.0 Å². The zero-order valence-corrected chi connectivity index (χ0v) is 14.1. The smallest absolute Gasteiger partial charge is 0.224 e. The lowest BCUT2D eigenvalue weighted by Gasteiger charge is -2.34. The maximum Gasteiger partial charge on any atom is 0.224 e. The van der Waals surface area contributed by atoms with Crippen molar-refractivity contribution in [2.75, 3.05) is 32.7 Å². The van der Waals surface area contributed by atoms with Crippen LogP contribution in [0, 0.1) is 5.92 Å². The zero-order valence-electron chi connectivity index (χ0n) is 12.4. The molecule has 1 unspecified atom stereocenters. The Morgan fingerprint density at radius 1 is 1.15 bits per heavy atom. The van der Waals surface area contributed by atoms with E-state index < -0.39 is 0 Å². The highest BCUT2D eigenvalue weighted by Gasteiger charge is 2.25. The Labute approximate surface area is 135 Å². The number of nitrogens with zero attached hydrogens (tertiary/aromatic N) is 2. The molecule has 2 fully saturated rings. The lowest BCUT2D eigenvalue weighted by molar-refractivity contribution is -0.132. The molecule has 1 atom stereocenters. The summed E-state index contributed by atoms with van der Waals surface area (Å²) in [6, 6.07) is -0.0141. The molecule has 0 saturated carbocycles. The molecular weight excluding hydrogens is 297 g/mol. The fourth-order valence-corrected chi connectivity index (χ4v) is 3.10. The van der Waals surface area contributed by atoms with E-state index in [0.29, 0.717) is 6.42 Å². The van der Waals surface area contributed by atoms with E-state index in [0.717, 1.165) is 19.0 Å². The topological polar surface area (TPSA) is 49.6 Å². The Balaban J connectivity index is 0.00000180. The summed E-state index contributed by atoms with van der Waals surface area (Å²) in [4.78, 5) is 16.5. The summed E-state index contributed by atoms with van der Waals surface area (Å²) in [6.07, 6.45) is 5.57. The van der Waals surface area contributed by atoms with Crippen LogP contribution in [-0.2, 0) is 4.79 Å². The van der Waals surface area contributed by atoms with Gasteiger partial charge >= 0.3 is 0 Å². The summed E-state index contributed by atoms with van der Waals surface area (Å²) >= 11 is 0. The maximum atomic E-state index is 11.9. The van der Waals surface area contributed by atoms with Gasteiger partial charge in [0.15, 0.2) is 0 Å². The van der Waals surface area contributed by atoms with Crippen LogP contribution in [0.2, 0.25) is 0 Å². The van der Waals surface area contributed by atoms with Gasteiger partial charge in [0.05, 0.1) is 0 Å². The molecule has 2 rings (SSSR count). The summed E-state index contributed by atoms with van der Waals surface area (Å²) < 4.78 is 0. The molecule has 2 heterocycles. The highest BCUT2D eigenvalue weighted by atomic mass is 35.5. The lowest BCUT2D eigenvalue weighted by atomic mass is 9.96. The number of halogens is 2. The van der Waals surface area contributed by atoms with E-state index in [9.17, 15) is 4.79 Å². The molecule has 0 bridgehead atoms. The average molecular weight is 326 g/mol. The van der Waals surface area contributed by atoms with Crippen molar-refractivity contribution in [1.29, 1.82) is 0 Å². The van der Waals surface area contributed by atoms with Gasteiger partial charge in [0.2, 0.25) is 5.91 Å². The van der Waals surface area contributed by atoms with Gasteiger partial charge in [0, 0.05) is 32.1 Å². The fourth-order valence-electron chi connectivity index (χ4n) is 3.10. The van der Waals surface area contributed by atoms with E-state index in [1.165, 1.54) is 45.3 Å². The van der Waals surface area contributed by atoms with Crippen molar-refractivity contribution in [3.63, 3.8) is 0 Å². The minimum absolute atomic E-state index is 0. The SMILES string of the molecule is CC(N)CC(=O)N1CCC(CN2CCCC2)CC1.Cl.Cl. The normalized spacial score (nSPS) is 22.0. The van der Waals surface area contributed by atoms with E-state index >= 15 is 0 Å². The average Bonchev–Trinajstić information content (AvgIpc) is 2.82. The predicted octanol–water partition coefficient (Wildman–Crippen LogP) is 1.90. The van der Waals surface area contributed by atoms with E-state index in [4.69, 9.17) is 5.73 Å². The third kappa shape index (κ3) is 6.17. The number of piperidine rings is 1. The Hall–Kier alpha value is -0.0300. The van der Waals surface area contributed by atoms with Crippen LogP contribution >= 0.6 is 24.8 Å². The van der Waals surface area contributed by atoms with Crippen molar-refractivity contribution in [1.82, 2.24) is 9.80 Å². The van der Waals surface area contributed by atoms with E-state index in [2.05, 4.69) is 4.90 Å². The second-order valence-corrected chi connectivity index (χ2v) is 6.01. The van der Waals surface area contributed by atoms with Crippen LogP contribution in [0.4, 0.5) is 0 Å². The molecule has 20 heavy (non-hydrogen) atoms. The summed E-state index contributed by atoms with van der Waals surface area (Å²) in [5.41, 5.74) is 5.68. The van der Waals surface area contributed by atoms with Gasteiger partial charge in [-0.2, -0.15) is 0 Å². The molecule has 120 valence electrons. The molecule has 0 aromatic carbocycles. The van der Waals surface area contributed by atoms with E-state index in [1.54, 1.807) is 0 Å². The van der Waals surface area contributed by atoms with Gasteiger partial charge in [-0.1, -0.05) is 0 Å². The summed E-state index contributed by atoms with van der Waals surface area (Å²) in [6.45, 7) is 7.58. The van der Waals surface area contributed by atoms with Gasteiger partial charge in [0.25, 0.3) is 0 Å². The van der Waals surface area contributed by atoms with Gasteiger partial charge in [0.1, 0.15) is 0 Å². The highest BCUT2D eigenvalue weighted by Crippen LogP contribution is 2.21.